The summed E-state index contributed by atoms with van der Waals surface area (Å²) in [6.07, 6.45) is 7.15. The van der Waals surface area contributed by atoms with Gasteiger partial charge in [0.1, 0.15) is 0 Å². The van der Waals surface area contributed by atoms with Crippen LogP contribution in [0, 0.1) is 29.6 Å². The molecule has 0 spiro atoms. The molecule has 0 aromatic heterocycles. The van der Waals surface area contributed by atoms with Gasteiger partial charge >= 0.3 is 0 Å². The first-order valence-electron chi connectivity index (χ1n) is 4.67. The van der Waals surface area contributed by atoms with Gasteiger partial charge in [-0.15, -0.1) is 0 Å². The molecule has 4 fully saturated rings. The predicted octanol–water partition coefficient (Wildman–Crippen LogP) is 2.22. The van der Waals surface area contributed by atoms with Crippen molar-refractivity contribution in [3.63, 3.8) is 0 Å². The SMILES string of the molecule is C1=C2C3C4CCC4C2C3C1. The number of fused-ring (bicyclic) bond motifs is 1. The van der Waals surface area contributed by atoms with Crippen LogP contribution in [0.1, 0.15) is 19.3 Å². The Morgan fingerprint density at radius 2 is 1.70 bits per heavy atom. The van der Waals surface area contributed by atoms with E-state index >= 15 is 0 Å². The van der Waals surface area contributed by atoms with Gasteiger partial charge in [0, 0.05) is 0 Å². The molecule has 4 bridgehead atoms. The van der Waals surface area contributed by atoms with E-state index in [1.807, 2.05) is 5.57 Å². The van der Waals surface area contributed by atoms with Crippen LogP contribution in [-0.2, 0) is 0 Å². The molecule has 0 saturated heterocycles. The first kappa shape index (κ1) is 4.58. The topological polar surface area (TPSA) is 0 Å². The van der Waals surface area contributed by atoms with Crippen molar-refractivity contribution in [3.05, 3.63) is 11.6 Å². The number of rotatable bonds is 0. The lowest BCUT2D eigenvalue weighted by molar-refractivity contribution is 0.211. The molecule has 4 unspecified atom stereocenters. The lowest BCUT2D eigenvalue weighted by Crippen LogP contribution is -2.26. The van der Waals surface area contributed by atoms with Gasteiger partial charge in [-0.25, -0.2) is 0 Å². The summed E-state index contributed by atoms with van der Waals surface area (Å²) in [5, 5.41) is 0. The van der Waals surface area contributed by atoms with Crippen LogP contribution in [0.2, 0.25) is 0 Å². The van der Waals surface area contributed by atoms with E-state index in [1.165, 1.54) is 18.3 Å². The smallest absolute Gasteiger partial charge is 0.0132 e. The monoisotopic (exact) mass is 132 g/mol. The Balaban J connectivity index is 1.94. The van der Waals surface area contributed by atoms with E-state index in [9.17, 15) is 0 Å². The average Bonchev–Trinajstić information content (AvgIpc) is 2.46. The number of allylic oxidation sites excluding steroid dienone is 2. The normalized spacial score (nSPS) is 66.4. The third-order valence-corrected chi connectivity index (χ3v) is 4.62. The van der Waals surface area contributed by atoms with Crippen molar-refractivity contribution in [2.45, 2.75) is 19.3 Å². The summed E-state index contributed by atoms with van der Waals surface area (Å²) in [5.74, 6) is 5.78. The van der Waals surface area contributed by atoms with Crippen molar-refractivity contribution in [1.29, 1.82) is 0 Å². The highest BCUT2D eigenvalue weighted by Gasteiger charge is 2.66. The first-order chi connectivity index (χ1) is 4.97. The van der Waals surface area contributed by atoms with E-state index in [0.29, 0.717) is 0 Å². The van der Waals surface area contributed by atoms with E-state index in [1.54, 1.807) is 12.8 Å². The van der Waals surface area contributed by atoms with Gasteiger partial charge in [0.15, 0.2) is 0 Å². The molecule has 0 radical (unpaired) electrons. The predicted molar refractivity (Wildman–Crippen MR) is 39.4 cm³/mol. The molecule has 6 aliphatic carbocycles. The van der Waals surface area contributed by atoms with Crippen LogP contribution >= 0.6 is 0 Å². The van der Waals surface area contributed by atoms with Crippen LogP contribution in [0.15, 0.2) is 11.6 Å². The Labute approximate surface area is 61.3 Å². The van der Waals surface area contributed by atoms with E-state index in [2.05, 4.69) is 6.08 Å². The highest BCUT2D eigenvalue weighted by atomic mass is 14.7. The van der Waals surface area contributed by atoms with Crippen molar-refractivity contribution in [2.75, 3.05) is 0 Å². The third kappa shape index (κ3) is 0.247. The summed E-state index contributed by atoms with van der Waals surface area (Å²) >= 11 is 0. The fraction of sp³-hybridized carbons (Fsp3) is 0.800. The second-order valence-corrected chi connectivity index (χ2v) is 4.56. The van der Waals surface area contributed by atoms with Crippen molar-refractivity contribution in [1.82, 2.24) is 0 Å². The molecule has 0 N–H and O–H groups in total. The molecule has 0 nitrogen and oxygen atoms in total. The van der Waals surface area contributed by atoms with Crippen LogP contribution in [0.25, 0.3) is 0 Å². The molecule has 4 atom stereocenters. The molecular weight excluding hydrogens is 120 g/mol. The Kier molecular flexibility index (Phi) is 0.508. The summed E-state index contributed by atoms with van der Waals surface area (Å²) < 4.78 is 0. The molecule has 0 aromatic carbocycles. The van der Waals surface area contributed by atoms with Crippen LogP contribution in [-0.4, -0.2) is 0 Å². The summed E-state index contributed by atoms with van der Waals surface area (Å²) in [6, 6.07) is 0. The van der Waals surface area contributed by atoms with Gasteiger partial charge in [0.05, 0.1) is 0 Å². The number of hydrogen-bond acceptors (Lipinski definition) is 0. The van der Waals surface area contributed by atoms with Gasteiger partial charge in [0.2, 0.25) is 0 Å². The largest absolute Gasteiger partial charge is 0.0844 e. The highest BCUT2D eigenvalue weighted by molar-refractivity contribution is 5.40. The number of hydrogen-bond donors (Lipinski definition) is 0. The molecule has 0 aromatic rings. The van der Waals surface area contributed by atoms with E-state index < -0.39 is 0 Å². The zero-order chi connectivity index (χ0) is 6.29. The molecule has 4 saturated carbocycles. The van der Waals surface area contributed by atoms with Crippen LogP contribution in [0.4, 0.5) is 0 Å². The minimum atomic E-state index is 1.13. The zero-order valence-corrected chi connectivity index (χ0v) is 6.09. The summed E-state index contributed by atoms with van der Waals surface area (Å²) in [4.78, 5) is 0. The Hall–Kier alpha value is -0.260. The third-order valence-electron chi connectivity index (χ3n) is 4.62. The maximum absolute atomic E-state index is 2.55. The molecule has 10 heavy (non-hydrogen) atoms. The van der Waals surface area contributed by atoms with Gasteiger partial charge in [-0.3, -0.25) is 0 Å². The molecular formula is C10H12. The van der Waals surface area contributed by atoms with Gasteiger partial charge in [-0.2, -0.15) is 0 Å². The average molecular weight is 132 g/mol. The standard InChI is InChI=1S/C10H12/c1-2-6-5(1)9-7-3-4-8(9)10(6)7/h3,5-6,8-10H,1-2,4H2. The molecule has 6 aliphatic rings. The minimum absolute atomic E-state index is 1.13. The van der Waals surface area contributed by atoms with Crippen LogP contribution in [0.5, 0.6) is 0 Å². The fourth-order valence-corrected chi connectivity index (χ4v) is 4.23. The molecule has 0 aliphatic heterocycles. The van der Waals surface area contributed by atoms with Crippen LogP contribution in [0.3, 0.4) is 0 Å². The Bertz CT molecular complexity index is 218. The molecule has 0 amide bonds. The van der Waals surface area contributed by atoms with Crippen molar-refractivity contribution in [2.24, 2.45) is 29.6 Å². The van der Waals surface area contributed by atoms with E-state index in [0.717, 1.165) is 17.8 Å². The molecule has 52 valence electrons. The van der Waals surface area contributed by atoms with Gasteiger partial charge < -0.3 is 0 Å². The summed E-state index contributed by atoms with van der Waals surface area (Å²) in [7, 11) is 0. The lowest BCUT2D eigenvalue weighted by Gasteiger charge is -2.32. The summed E-state index contributed by atoms with van der Waals surface area (Å²) in [5.41, 5.74) is 1.90. The second-order valence-electron chi connectivity index (χ2n) is 4.56. The summed E-state index contributed by atoms with van der Waals surface area (Å²) in [6.45, 7) is 0. The maximum Gasteiger partial charge on any atom is -0.0132 e. The van der Waals surface area contributed by atoms with Gasteiger partial charge in [-0.05, 0) is 48.9 Å². The molecule has 0 heterocycles. The van der Waals surface area contributed by atoms with Crippen LogP contribution < -0.4 is 0 Å². The molecule has 6 rings (SSSR count). The Morgan fingerprint density at radius 3 is 2.10 bits per heavy atom. The highest BCUT2D eigenvalue weighted by Crippen LogP contribution is 2.74. The Morgan fingerprint density at radius 1 is 1.00 bits per heavy atom. The lowest BCUT2D eigenvalue weighted by atomic mass is 9.72. The van der Waals surface area contributed by atoms with Crippen molar-refractivity contribution in [3.8, 4) is 0 Å². The van der Waals surface area contributed by atoms with Crippen molar-refractivity contribution < 1.29 is 0 Å². The van der Waals surface area contributed by atoms with E-state index in [4.69, 9.17) is 0 Å². The quantitative estimate of drug-likeness (QED) is 0.443. The fourth-order valence-electron chi connectivity index (χ4n) is 4.23. The first-order valence-corrected chi connectivity index (χ1v) is 4.67. The second kappa shape index (κ2) is 1.11. The maximum atomic E-state index is 2.55. The van der Waals surface area contributed by atoms with Crippen molar-refractivity contribution >= 4 is 0 Å². The molecule has 0 heteroatoms. The minimum Gasteiger partial charge on any atom is -0.0844 e. The van der Waals surface area contributed by atoms with Gasteiger partial charge in [0.25, 0.3) is 0 Å². The van der Waals surface area contributed by atoms with E-state index in [-0.39, 0.29) is 0 Å². The van der Waals surface area contributed by atoms with Gasteiger partial charge in [-0.1, -0.05) is 11.6 Å². The zero-order valence-electron chi connectivity index (χ0n) is 6.09.